The van der Waals surface area contributed by atoms with Crippen molar-refractivity contribution in [2.75, 3.05) is 13.2 Å². The van der Waals surface area contributed by atoms with Gasteiger partial charge in [0.05, 0.1) is 6.61 Å². The van der Waals surface area contributed by atoms with E-state index in [2.05, 4.69) is 11.4 Å². The maximum atomic E-state index is 11.4. The van der Waals surface area contributed by atoms with Gasteiger partial charge in [0.15, 0.2) is 6.29 Å². The van der Waals surface area contributed by atoms with Crippen LogP contribution in [0.15, 0.2) is 0 Å². The van der Waals surface area contributed by atoms with Crippen LogP contribution in [0.5, 0.6) is 0 Å². The van der Waals surface area contributed by atoms with Gasteiger partial charge in [-0.3, -0.25) is 4.52 Å². The SMILES string of the molecule is CCCCCCCCCCCCCCO[C@H]1O[C@H](COP(=O)(O)C(=O)O)[C@@H](O)[C@H](O)[C@H]1O. The van der Waals surface area contributed by atoms with Crippen LogP contribution in [0.1, 0.15) is 84.0 Å². The zero-order valence-electron chi connectivity index (χ0n) is 19.0. The molecular formula is C21H41O10P. The third-order valence-electron chi connectivity index (χ3n) is 5.60. The van der Waals surface area contributed by atoms with Crippen molar-refractivity contribution in [2.24, 2.45) is 0 Å². The van der Waals surface area contributed by atoms with Crippen LogP contribution in [-0.2, 0) is 18.6 Å². The minimum absolute atomic E-state index is 0.267. The van der Waals surface area contributed by atoms with E-state index in [4.69, 9.17) is 14.6 Å². The van der Waals surface area contributed by atoms with E-state index >= 15 is 0 Å². The van der Waals surface area contributed by atoms with Crippen molar-refractivity contribution >= 4 is 13.3 Å². The summed E-state index contributed by atoms with van der Waals surface area (Å²) in [5.74, 6) is 0. The van der Waals surface area contributed by atoms with Gasteiger partial charge in [0.2, 0.25) is 0 Å². The first-order valence-corrected chi connectivity index (χ1v) is 13.3. The molecule has 1 saturated heterocycles. The maximum absolute atomic E-state index is 11.4. The molecule has 0 aliphatic carbocycles. The summed E-state index contributed by atoms with van der Waals surface area (Å²) in [5, 5.41) is 38.6. The van der Waals surface area contributed by atoms with Gasteiger partial charge in [-0.1, -0.05) is 77.6 Å². The first-order chi connectivity index (χ1) is 15.2. The van der Waals surface area contributed by atoms with Crippen LogP contribution in [0.4, 0.5) is 4.79 Å². The fourth-order valence-corrected chi connectivity index (χ4v) is 4.02. The molecule has 0 radical (unpaired) electrons. The first-order valence-electron chi connectivity index (χ1n) is 11.7. The Labute approximate surface area is 190 Å². The van der Waals surface area contributed by atoms with Crippen LogP contribution < -0.4 is 0 Å². The van der Waals surface area contributed by atoms with Gasteiger partial charge in [0.25, 0.3) is 0 Å². The zero-order chi connectivity index (χ0) is 24.0. The molecule has 5 N–H and O–H groups in total. The maximum Gasteiger partial charge on any atom is 0.435 e. The van der Waals surface area contributed by atoms with Crippen LogP contribution in [0.25, 0.3) is 0 Å². The molecule has 1 heterocycles. The molecule has 0 bridgehead atoms. The molecule has 0 saturated carbocycles. The Morgan fingerprint density at radius 2 is 1.34 bits per heavy atom. The fraction of sp³-hybridized carbons (Fsp3) is 0.952. The largest absolute Gasteiger partial charge is 0.472 e. The predicted molar refractivity (Wildman–Crippen MR) is 118 cm³/mol. The lowest BCUT2D eigenvalue weighted by atomic mass is 9.99. The number of hydrogen-bond donors (Lipinski definition) is 5. The molecule has 1 unspecified atom stereocenters. The van der Waals surface area contributed by atoms with Gasteiger partial charge in [-0.15, -0.1) is 0 Å². The van der Waals surface area contributed by atoms with Crippen molar-refractivity contribution in [1.29, 1.82) is 0 Å². The van der Waals surface area contributed by atoms with E-state index in [1.165, 1.54) is 51.4 Å². The fourth-order valence-electron chi connectivity index (χ4n) is 3.56. The predicted octanol–water partition coefficient (Wildman–Crippen LogP) is 3.39. The third-order valence-corrected chi connectivity index (χ3v) is 6.59. The second kappa shape index (κ2) is 16.1. The molecule has 6 atom stereocenters. The lowest BCUT2D eigenvalue weighted by molar-refractivity contribution is -0.300. The van der Waals surface area contributed by atoms with Gasteiger partial charge in [0, 0.05) is 6.61 Å². The zero-order valence-corrected chi connectivity index (χ0v) is 19.9. The number of aliphatic hydroxyl groups excluding tert-OH is 3. The lowest BCUT2D eigenvalue weighted by Gasteiger charge is -2.40. The topological polar surface area (TPSA) is 163 Å². The monoisotopic (exact) mass is 484 g/mol. The molecule has 0 aromatic heterocycles. The summed E-state index contributed by atoms with van der Waals surface area (Å²) in [7, 11) is -4.92. The number of carboxylic acid groups (broad SMARTS) is 1. The van der Waals surface area contributed by atoms with E-state index < -0.39 is 50.6 Å². The highest BCUT2D eigenvalue weighted by Crippen LogP contribution is 2.43. The van der Waals surface area contributed by atoms with Crippen molar-refractivity contribution < 1.29 is 48.7 Å². The molecule has 190 valence electrons. The summed E-state index contributed by atoms with van der Waals surface area (Å²) >= 11 is 0. The molecule has 1 fully saturated rings. The Morgan fingerprint density at radius 3 is 1.84 bits per heavy atom. The Hall–Kier alpha value is -0.580. The lowest BCUT2D eigenvalue weighted by Crippen LogP contribution is -2.59. The standard InChI is InChI=1S/C21H41O10P/c1-2-3-4-5-6-7-8-9-10-11-12-13-14-29-20-19(24)18(23)17(22)16(31-20)15-30-32(27,28)21(25)26/h16-20,22-24H,2-15H2,1H3,(H,25,26)(H,27,28)/t16-,17-,18+,19-,20+/m1/s1. The molecule has 1 aliphatic heterocycles. The van der Waals surface area contributed by atoms with E-state index in [9.17, 15) is 29.6 Å². The van der Waals surface area contributed by atoms with E-state index in [0.717, 1.165) is 25.7 Å². The van der Waals surface area contributed by atoms with Gasteiger partial charge < -0.3 is 34.8 Å². The molecule has 0 spiro atoms. The van der Waals surface area contributed by atoms with Gasteiger partial charge in [-0.05, 0) is 6.42 Å². The average Bonchev–Trinajstić information content (AvgIpc) is 2.75. The van der Waals surface area contributed by atoms with E-state index in [1.54, 1.807) is 0 Å². The number of aliphatic hydroxyl groups is 3. The number of ether oxygens (including phenoxy) is 2. The van der Waals surface area contributed by atoms with Crippen molar-refractivity contribution in [3.63, 3.8) is 0 Å². The van der Waals surface area contributed by atoms with Crippen LogP contribution in [-0.4, -0.2) is 74.9 Å². The molecule has 0 amide bonds. The molecule has 11 heteroatoms. The van der Waals surface area contributed by atoms with Gasteiger partial charge >= 0.3 is 13.3 Å². The highest BCUT2D eigenvalue weighted by atomic mass is 31.2. The van der Waals surface area contributed by atoms with Crippen LogP contribution >= 0.6 is 7.60 Å². The van der Waals surface area contributed by atoms with Gasteiger partial charge in [0.1, 0.15) is 24.4 Å². The summed E-state index contributed by atoms with van der Waals surface area (Å²) in [4.78, 5) is 19.8. The smallest absolute Gasteiger partial charge is 0.435 e. The van der Waals surface area contributed by atoms with Crippen molar-refractivity contribution in [1.82, 2.24) is 0 Å². The van der Waals surface area contributed by atoms with Gasteiger partial charge in [-0.25, -0.2) is 9.36 Å². The number of hydrogen-bond acceptors (Lipinski definition) is 8. The summed E-state index contributed by atoms with van der Waals surface area (Å²) in [6, 6.07) is 0. The quantitative estimate of drug-likeness (QED) is 0.144. The van der Waals surface area contributed by atoms with E-state index in [-0.39, 0.29) is 6.61 Å². The number of carbonyl (C=O) groups is 1. The Bertz CT molecular complexity index is 561. The average molecular weight is 485 g/mol. The third kappa shape index (κ3) is 11.0. The normalized spacial score (nSPS) is 27.8. The number of rotatable bonds is 18. The Balaban J connectivity index is 2.19. The molecule has 32 heavy (non-hydrogen) atoms. The van der Waals surface area contributed by atoms with E-state index in [1.807, 2.05) is 0 Å². The van der Waals surface area contributed by atoms with Crippen molar-refractivity contribution in [2.45, 2.75) is 115 Å². The summed E-state index contributed by atoms with van der Waals surface area (Å²) < 4.78 is 26.6. The first kappa shape index (κ1) is 29.5. The summed E-state index contributed by atoms with van der Waals surface area (Å²) in [6.45, 7) is 1.73. The molecular weight excluding hydrogens is 443 g/mol. The Kier molecular flexibility index (Phi) is 14.8. The molecule has 0 aromatic rings. The minimum Gasteiger partial charge on any atom is -0.472 e. The second-order valence-corrected chi connectivity index (χ2v) is 10.1. The van der Waals surface area contributed by atoms with Crippen LogP contribution in [0.2, 0.25) is 0 Å². The van der Waals surface area contributed by atoms with Crippen molar-refractivity contribution in [3.05, 3.63) is 0 Å². The molecule has 10 nitrogen and oxygen atoms in total. The molecule has 1 rings (SSSR count). The minimum atomic E-state index is -4.92. The second-order valence-electron chi connectivity index (χ2n) is 8.37. The van der Waals surface area contributed by atoms with Gasteiger partial charge in [-0.2, -0.15) is 0 Å². The summed E-state index contributed by atoms with van der Waals surface area (Å²) in [6.07, 6.45) is 6.89. The molecule has 1 aliphatic rings. The summed E-state index contributed by atoms with van der Waals surface area (Å²) in [5.41, 5.74) is -2.04. The van der Waals surface area contributed by atoms with Crippen molar-refractivity contribution in [3.8, 4) is 0 Å². The highest BCUT2D eigenvalue weighted by Gasteiger charge is 2.45. The van der Waals surface area contributed by atoms with Crippen LogP contribution in [0, 0.1) is 0 Å². The van der Waals surface area contributed by atoms with E-state index in [0.29, 0.717) is 0 Å². The highest BCUT2D eigenvalue weighted by molar-refractivity contribution is 7.70. The Morgan fingerprint density at radius 1 is 0.844 bits per heavy atom. The van der Waals surface area contributed by atoms with Crippen LogP contribution in [0.3, 0.4) is 0 Å². The molecule has 0 aromatic carbocycles. The number of unbranched alkanes of at least 4 members (excludes halogenated alkanes) is 11.